The van der Waals surface area contributed by atoms with Crippen LogP contribution >= 0.6 is 0 Å². The summed E-state index contributed by atoms with van der Waals surface area (Å²) < 4.78 is 37.3. The van der Waals surface area contributed by atoms with Crippen molar-refractivity contribution in [2.24, 2.45) is 0 Å². The zero-order valence-electron chi connectivity index (χ0n) is 13.3. The molecular formula is C16H12F2N8. The number of alkyl halides is 2. The molecule has 0 spiro atoms. The smallest absolute Gasteiger partial charge is 0.304 e. The average molecular weight is 354 g/mol. The van der Waals surface area contributed by atoms with E-state index >= 15 is 8.78 Å². The molecule has 0 bridgehead atoms. The van der Waals surface area contributed by atoms with E-state index in [0.717, 1.165) is 0 Å². The third-order valence-corrected chi connectivity index (χ3v) is 4.57. The molecule has 0 saturated carbocycles. The number of hydrogen-bond acceptors (Lipinski definition) is 4. The molecule has 10 heteroatoms. The molecule has 0 amide bonds. The Morgan fingerprint density at radius 2 is 1.08 bits per heavy atom. The molecule has 4 aromatic rings. The molecule has 4 aromatic heterocycles. The fraction of sp³-hybridized carbons (Fsp3) is 0.125. The van der Waals surface area contributed by atoms with Crippen molar-refractivity contribution in [1.29, 1.82) is 0 Å². The fourth-order valence-electron chi connectivity index (χ4n) is 3.54. The average Bonchev–Trinajstić information content (AvgIpc) is 3.42. The third-order valence-electron chi connectivity index (χ3n) is 4.57. The highest BCUT2D eigenvalue weighted by Crippen LogP contribution is 2.60. The maximum atomic E-state index is 15.8. The Balaban J connectivity index is 1.90. The van der Waals surface area contributed by atoms with Crippen LogP contribution in [0, 0.1) is 0 Å². The van der Waals surface area contributed by atoms with Gasteiger partial charge < -0.3 is 18.3 Å². The summed E-state index contributed by atoms with van der Waals surface area (Å²) in [5.41, 5.74) is -1.73. The van der Waals surface area contributed by atoms with E-state index in [2.05, 4.69) is 19.9 Å². The van der Waals surface area contributed by atoms with E-state index in [0.29, 0.717) is 5.70 Å². The lowest BCUT2D eigenvalue weighted by atomic mass is 9.80. The molecule has 1 aliphatic carbocycles. The van der Waals surface area contributed by atoms with Gasteiger partial charge in [-0.05, 0) is 0 Å². The quantitative estimate of drug-likeness (QED) is 0.561. The summed E-state index contributed by atoms with van der Waals surface area (Å²) in [6.07, 6.45) is 17.7. The van der Waals surface area contributed by atoms with Crippen LogP contribution in [0.1, 0.15) is 0 Å². The minimum absolute atomic E-state index is 0.185. The van der Waals surface area contributed by atoms with Crippen molar-refractivity contribution in [3.63, 3.8) is 0 Å². The highest BCUT2D eigenvalue weighted by Gasteiger charge is 2.72. The SMILES string of the molecule is FC1(F)C(n2ccnc2)=C(n2ccnc2)C1(n1ccnc1)n1ccnc1. The molecule has 0 aliphatic heterocycles. The Kier molecular flexibility index (Phi) is 2.82. The minimum atomic E-state index is -3.28. The zero-order chi connectivity index (χ0) is 17.8. The Hall–Kier alpha value is -3.56. The predicted molar refractivity (Wildman–Crippen MR) is 86.6 cm³/mol. The summed E-state index contributed by atoms with van der Waals surface area (Å²) in [4.78, 5) is 15.9. The van der Waals surface area contributed by atoms with Crippen LogP contribution in [0.2, 0.25) is 0 Å². The van der Waals surface area contributed by atoms with Gasteiger partial charge in [-0.15, -0.1) is 0 Å². The van der Waals surface area contributed by atoms with Gasteiger partial charge in [-0.2, -0.15) is 8.78 Å². The van der Waals surface area contributed by atoms with Crippen molar-refractivity contribution in [2.75, 3.05) is 0 Å². The second-order valence-electron chi connectivity index (χ2n) is 5.82. The molecule has 0 radical (unpaired) electrons. The van der Waals surface area contributed by atoms with Crippen LogP contribution in [0.3, 0.4) is 0 Å². The normalized spacial score (nSPS) is 18.1. The summed E-state index contributed by atoms with van der Waals surface area (Å²) in [7, 11) is 0. The van der Waals surface area contributed by atoms with Crippen LogP contribution in [0.5, 0.6) is 0 Å². The highest BCUT2D eigenvalue weighted by molar-refractivity contribution is 5.92. The topological polar surface area (TPSA) is 71.3 Å². The molecule has 0 N–H and O–H groups in total. The molecule has 26 heavy (non-hydrogen) atoms. The van der Waals surface area contributed by atoms with Crippen molar-refractivity contribution >= 4 is 11.4 Å². The molecular weight excluding hydrogens is 342 g/mol. The van der Waals surface area contributed by atoms with Gasteiger partial charge in [0, 0.05) is 49.6 Å². The number of nitrogens with zero attached hydrogens (tertiary/aromatic N) is 8. The van der Waals surface area contributed by atoms with Crippen molar-refractivity contribution < 1.29 is 8.78 Å². The van der Waals surface area contributed by atoms with Gasteiger partial charge in [0.05, 0.1) is 25.3 Å². The molecule has 0 saturated heterocycles. The molecule has 130 valence electrons. The van der Waals surface area contributed by atoms with Crippen LogP contribution in [0.25, 0.3) is 11.4 Å². The zero-order valence-corrected chi connectivity index (χ0v) is 13.3. The molecule has 4 heterocycles. The third kappa shape index (κ3) is 1.60. The Morgan fingerprint density at radius 1 is 0.615 bits per heavy atom. The standard InChI is InChI=1S/C16H12F2N8/c17-15(18)13(23-5-1-19-9-23)14(24-6-2-20-10-24)16(15,25-7-3-21-11-25)26-8-4-22-12-26/h1-12H. The fourth-order valence-corrected chi connectivity index (χ4v) is 3.54. The molecule has 0 aromatic carbocycles. The van der Waals surface area contributed by atoms with Gasteiger partial charge in [-0.3, -0.25) is 0 Å². The summed E-state index contributed by atoms with van der Waals surface area (Å²) in [6.45, 7) is 0. The van der Waals surface area contributed by atoms with Crippen LogP contribution in [-0.4, -0.2) is 44.1 Å². The maximum absolute atomic E-state index is 15.8. The van der Waals surface area contributed by atoms with Gasteiger partial charge in [0.1, 0.15) is 11.4 Å². The first-order valence-electron chi connectivity index (χ1n) is 7.74. The Labute approximate surface area is 145 Å². The first-order chi connectivity index (χ1) is 12.7. The van der Waals surface area contributed by atoms with Crippen molar-refractivity contribution in [3.05, 3.63) is 74.9 Å². The first kappa shape index (κ1) is 14.8. The van der Waals surface area contributed by atoms with E-state index in [1.54, 1.807) is 17.0 Å². The molecule has 5 rings (SSSR count). The lowest BCUT2D eigenvalue weighted by molar-refractivity contribution is -0.0723. The summed E-state index contributed by atoms with van der Waals surface area (Å²) in [5, 5.41) is 0. The Morgan fingerprint density at radius 3 is 1.50 bits per heavy atom. The van der Waals surface area contributed by atoms with Crippen LogP contribution in [-0.2, 0) is 5.66 Å². The Bertz CT molecular complexity index is 1010. The largest absolute Gasteiger partial charge is 0.337 e. The monoisotopic (exact) mass is 354 g/mol. The minimum Gasteiger partial charge on any atom is -0.304 e. The van der Waals surface area contributed by atoms with Crippen molar-refractivity contribution in [2.45, 2.75) is 11.6 Å². The van der Waals surface area contributed by atoms with E-state index in [9.17, 15) is 0 Å². The summed E-state index contributed by atoms with van der Waals surface area (Å²) >= 11 is 0. The van der Waals surface area contributed by atoms with Crippen LogP contribution < -0.4 is 0 Å². The van der Waals surface area contributed by atoms with Crippen LogP contribution in [0.4, 0.5) is 8.78 Å². The van der Waals surface area contributed by atoms with Gasteiger partial charge in [-0.25, -0.2) is 19.9 Å². The second-order valence-corrected chi connectivity index (χ2v) is 5.82. The lowest BCUT2D eigenvalue weighted by Gasteiger charge is -2.52. The van der Waals surface area contributed by atoms with Gasteiger partial charge >= 0.3 is 5.92 Å². The number of hydrogen-bond donors (Lipinski definition) is 0. The predicted octanol–water partition coefficient (Wildman–Crippen LogP) is 1.85. The summed E-state index contributed by atoms with van der Waals surface area (Å²) in [5.74, 6) is -3.28. The molecule has 0 atom stereocenters. The van der Waals surface area contributed by atoms with E-state index in [-0.39, 0.29) is 5.70 Å². The number of imidazole rings is 4. The highest BCUT2D eigenvalue weighted by atomic mass is 19.3. The van der Waals surface area contributed by atoms with E-state index in [1.165, 1.54) is 76.2 Å². The number of allylic oxidation sites excluding steroid dienone is 2. The van der Waals surface area contributed by atoms with Crippen molar-refractivity contribution in [3.8, 4) is 0 Å². The first-order valence-corrected chi connectivity index (χ1v) is 7.74. The van der Waals surface area contributed by atoms with E-state index < -0.39 is 11.6 Å². The molecule has 0 fully saturated rings. The van der Waals surface area contributed by atoms with Gasteiger partial charge in [0.2, 0.25) is 5.66 Å². The second kappa shape index (κ2) is 4.97. The molecule has 0 unspecified atom stereocenters. The maximum Gasteiger partial charge on any atom is 0.337 e. The van der Waals surface area contributed by atoms with Crippen molar-refractivity contribution in [1.82, 2.24) is 38.2 Å². The van der Waals surface area contributed by atoms with Gasteiger partial charge in [0.15, 0.2) is 0 Å². The van der Waals surface area contributed by atoms with Gasteiger partial charge in [-0.1, -0.05) is 0 Å². The lowest BCUT2D eigenvalue weighted by Crippen LogP contribution is -2.65. The number of rotatable bonds is 4. The van der Waals surface area contributed by atoms with Gasteiger partial charge in [0.25, 0.3) is 0 Å². The summed E-state index contributed by atoms with van der Waals surface area (Å²) in [6, 6.07) is 0. The van der Waals surface area contributed by atoms with E-state index in [4.69, 9.17) is 0 Å². The van der Waals surface area contributed by atoms with E-state index in [1.807, 2.05) is 0 Å². The number of halogens is 2. The number of aromatic nitrogens is 8. The molecule has 1 aliphatic rings. The van der Waals surface area contributed by atoms with Crippen LogP contribution in [0.15, 0.2) is 74.9 Å². The molecule has 8 nitrogen and oxygen atoms in total.